The van der Waals surface area contributed by atoms with E-state index in [1.807, 2.05) is 54.6 Å². The van der Waals surface area contributed by atoms with Gasteiger partial charge in [0.15, 0.2) is 0 Å². The largest absolute Gasteiger partial charge is 0.489 e. The minimum atomic E-state index is -0.476. The summed E-state index contributed by atoms with van der Waals surface area (Å²) in [5.74, 6) is -0.0359. The van der Waals surface area contributed by atoms with E-state index < -0.39 is 10.8 Å². The number of nitro benzene ring substituents is 1. The molecule has 0 spiro atoms. The first-order valence-corrected chi connectivity index (χ1v) is 9.29. The molecule has 0 aromatic heterocycles. The highest BCUT2D eigenvalue weighted by Crippen LogP contribution is 2.33. The maximum Gasteiger partial charge on any atom is 0.314 e. The van der Waals surface area contributed by atoms with Crippen LogP contribution in [0, 0.1) is 10.1 Å². The first kappa shape index (κ1) is 18.7. The van der Waals surface area contributed by atoms with E-state index in [2.05, 4.69) is 0 Å². The number of nitrogens with zero attached hydrogens (tertiary/aromatic N) is 1. The molecule has 1 aliphatic rings. The number of carbonyl (C=O) groups is 1. The van der Waals surface area contributed by atoms with Crippen LogP contribution < -0.4 is 4.74 Å². The molecule has 1 heterocycles. The average molecular weight is 389 g/mol. The van der Waals surface area contributed by atoms with Crippen molar-refractivity contribution in [2.24, 2.45) is 0 Å². The van der Waals surface area contributed by atoms with Crippen LogP contribution in [0.4, 0.5) is 5.69 Å². The molecule has 6 nitrogen and oxygen atoms in total. The van der Waals surface area contributed by atoms with Gasteiger partial charge in [-0.1, -0.05) is 48.5 Å². The summed E-state index contributed by atoms with van der Waals surface area (Å²) in [5.41, 5.74) is 3.53. The van der Waals surface area contributed by atoms with Crippen molar-refractivity contribution in [1.82, 2.24) is 0 Å². The number of cyclic esters (lactones) is 1. The molecule has 29 heavy (non-hydrogen) atoms. The number of non-ortho nitro benzene ring substituents is 1. The van der Waals surface area contributed by atoms with Crippen molar-refractivity contribution >= 4 is 11.7 Å². The van der Waals surface area contributed by atoms with E-state index in [0.717, 1.165) is 22.4 Å². The van der Waals surface area contributed by atoms with Gasteiger partial charge in [0, 0.05) is 17.7 Å². The maximum absolute atomic E-state index is 12.3. The third-order valence-corrected chi connectivity index (χ3v) is 4.98. The first-order valence-electron chi connectivity index (χ1n) is 9.29. The Morgan fingerprint density at radius 1 is 1.00 bits per heavy atom. The van der Waals surface area contributed by atoms with E-state index in [-0.39, 0.29) is 18.3 Å². The fourth-order valence-corrected chi connectivity index (χ4v) is 3.44. The fourth-order valence-electron chi connectivity index (χ4n) is 3.44. The van der Waals surface area contributed by atoms with Gasteiger partial charge in [0.25, 0.3) is 5.69 Å². The molecule has 1 atom stereocenters. The van der Waals surface area contributed by atoms with Crippen molar-refractivity contribution in [1.29, 1.82) is 0 Å². The van der Waals surface area contributed by atoms with Gasteiger partial charge in [-0.3, -0.25) is 14.9 Å². The van der Waals surface area contributed by atoms with Crippen LogP contribution >= 0.6 is 0 Å². The second-order valence-electron chi connectivity index (χ2n) is 6.92. The minimum Gasteiger partial charge on any atom is -0.489 e. The van der Waals surface area contributed by atoms with Gasteiger partial charge in [-0.05, 0) is 35.2 Å². The Bertz CT molecular complexity index is 1030. The lowest BCUT2D eigenvalue weighted by molar-refractivity contribution is -0.385. The number of hydrogen-bond acceptors (Lipinski definition) is 5. The SMILES string of the molecule is O=C1OCc2cc([N+](=O)[O-])ccc2C1Cc1ccc(OCc2ccccc2)cc1. The number of hydrogen-bond donors (Lipinski definition) is 0. The van der Waals surface area contributed by atoms with Crippen LogP contribution in [0.2, 0.25) is 0 Å². The van der Waals surface area contributed by atoms with Gasteiger partial charge in [-0.25, -0.2) is 0 Å². The summed E-state index contributed by atoms with van der Waals surface area (Å²) in [6.45, 7) is 0.555. The van der Waals surface area contributed by atoms with Crippen molar-refractivity contribution in [3.8, 4) is 5.75 Å². The van der Waals surface area contributed by atoms with Crippen molar-refractivity contribution < 1.29 is 19.2 Å². The molecule has 6 heteroatoms. The van der Waals surface area contributed by atoms with Gasteiger partial charge in [-0.2, -0.15) is 0 Å². The number of nitro groups is 1. The molecule has 146 valence electrons. The van der Waals surface area contributed by atoms with Crippen LogP contribution in [0.5, 0.6) is 5.75 Å². The van der Waals surface area contributed by atoms with Crippen LogP contribution in [0.25, 0.3) is 0 Å². The van der Waals surface area contributed by atoms with Crippen LogP contribution in [0.15, 0.2) is 72.8 Å². The van der Waals surface area contributed by atoms with Gasteiger partial charge in [0.2, 0.25) is 0 Å². The number of carbonyl (C=O) groups excluding carboxylic acids is 1. The molecule has 0 radical (unpaired) electrons. The number of benzene rings is 3. The Balaban J connectivity index is 1.46. The summed E-state index contributed by atoms with van der Waals surface area (Å²) in [6, 6.07) is 22.1. The maximum atomic E-state index is 12.3. The average Bonchev–Trinajstić information content (AvgIpc) is 2.75. The van der Waals surface area contributed by atoms with E-state index in [9.17, 15) is 14.9 Å². The Morgan fingerprint density at radius 2 is 1.76 bits per heavy atom. The number of fused-ring (bicyclic) bond motifs is 1. The second-order valence-corrected chi connectivity index (χ2v) is 6.92. The lowest BCUT2D eigenvalue weighted by atomic mass is 9.87. The molecule has 0 bridgehead atoms. The van der Waals surface area contributed by atoms with Gasteiger partial charge in [0.05, 0.1) is 10.8 Å². The normalized spacial score (nSPS) is 15.3. The monoisotopic (exact) mass is 389 g/mol. The van der Waals surface area contributed by atoms with E-state index in [0.29, 0.717) is 18.6 Å². The van der Waals surface area contributed by atoms with Crippen molar-refractivity contribution in [2.45, 2.75) is 25.6 Å². The lowest BCUT2D eigenvalue weighted by Crippen LogP contribution is -2.24. The number of esters is 1. The molecular formula is C23H19NO5. The molecular weight excluding hydrogens is 370 g/mol. The van der Waals surface area contributed by atoms with Gasteiger partial charge < -0.3 is 9.47 Å². The molecule has 1 unspecified atom stereocenters. The summed E-state index contributed by atoms with van der Waals surface area (Å²) in [5, 5.41) is 11.0. The zero-order chi connectivity index (χ0) is 20.2. The van der Waals surface area contributed by atoms with Crippen molar-refractivity contribution in [2.75, 3.05) is 0 Å². The van der Waals surface area contributed by atoms with Crippen LogP contribution in [0.3, 0.4) is 0 Å². The molecule has 4 rings (SSSR count). The zero-order valence-corrected chi connectivity index (χ0v) is 15.6. The minimum absolute atomic E-state index is 0.000340. The molecule has 0 saturated heterocycles. The van der Waals surface area contributed by atoms with Gasteiger partial charge in [0.1, 0.15) is 19.0 Å². The highest BCUT2D eigenvalue weighted by molar-refractivity contribution is 5.81. The van der Waals surface area contributed by atoms with Crippen LogP contribution in [0.1, 0.15) is 28.2 Å². The lowest BCUT2D eigenvalue weighted by Gasteiger charge is -2.24. The predicted molar refractivity (Wildman–Crippen MR) is 107 cm³/mol. The summed E-state index contributed by atoms with van der Waals surface area (Å²) in [6.07, 6.45) is 0.461. The topological polar surface area (TPSA) is 78.7 Å². The van der Waals surface area contributed by atoms with Crippen LogP contribution in [-0.4, -0.2) is 10.9 Å². The van der Waals surface area contributed by atoms with E-state index in [4.69, 9.17) is 9.47 Å². The smallest absolute Gasteiger partial charge is 0.314 e. The molecule has 3 aromatic carbocycles. The van der Waals surface area contributed by atoms with Gasteiger partial charge in [-0.15, -0.1) is 0 Å². The molecule has 0 fully saturated rings. The Kier molecular flexibility index (Phi) is 5.24. The predicted octanol–water partition coefficient (Wildman–Crippen LogP) is 4.56. The highest BCUT2D eigenvalue weighted by Gasteiger charge is 2.30. The van der Waals surface area contributed by atoms with E-state index >= 15 is 0 Å². The Morgan fingerprint density at radius 3 is 2.48 bits per heavy atom. The third-order valence-electron chi connectivity index (χ3n) is 4.98. The highest BCUT2D eigenvalue weighted by atomic mass is 16.6. The Hall–Kier alpha value is -3.67. The van der Waals surface area contributed by atoms with Crippen molar-refractivity contribution in [3.63, 3.8) is 0 Å². The number of ether oxygens (including phenoxy) is 2. The third kappa shape index (κ3) is 4.27. The molecule has 3 aromatic rings. The van der Waals surface area contributed by atoms with Crippen LogP contribution in [-0.2, 0) is 29.2 Å². The number of rotatable bonds is 6. The quantitative estimate of drug-likeness (QED) is 0.351. The van der Waals surface area contributed by atoms with E-state index in [1.165, 1.54) is 12.1 Å². The Labute approximate surface area is 167 Å². The summed E-state index contributed by atoms with van der Waals surface area (Å²) >= 11 is 0. The zero-order valence-electron chi connectivity index (χ0n) is 15.6. The first-order chi connectivity index (χ1) is 14.1. The molecule has 0 N–H and O–H groups in total. The van der Waals surface area contributed by atoms with Crippen molar-refractivity contribution in [3.05, 3.63) is 105 Å². The molecule has 0 aliphatic carbocycles. The fraction of sp³-hybridized carbons (Fsp3) is 0.174. The van der Waals surface area contributed by atoms with Gasteiger partial charge >= 0.3 is 5.97 Å². The second kappa shape index (κ2) is 8.14. The summed E-state index contributed by atoms with van der Waals surface area (Å²) < 4.78 is 11.0. The summed E-state index contributed by atoms with van der Waals surface area (Å²) in [7, 11) is 0. The molecule has 1 aliphatic heterocycles. The molecule has 0 amide bonds. The standard InChI is InChI=1S/C23H19NO5/c25-23-22(21-11-8-19(24(26)27)13-18(21)15-29-23)12-16-6-9-20(10-7-16)28-14-17-4-2-1-3-5-17/h1-11,13,22H,12,14-15H2. The molecule has 0 saturated carbocycles. The van der Waals surface area contributed by atoms with E-state index in [1.54, 1.807) is 6.07 Å². The summed E-state index contributed by atoms with van der Waals surface area (Å²) in [4.78, 5) is 22.9.